The van der Waals surface area contributed by atoms with E-state index in [-0.39, 0.29) is 5.16 Å². The maximum atomic E-state index is 16.0. The Bertz CT molecular complexity index is 1220. The van der Waals surface area contributed by atoms with E-state index in [1.807, 2.05) is 0 Å². The summed E-state index contributed by atoms with van der Waals surface area (Å²) in [6, 6.07) is 0. The zero-order valence-electron chi connectivity index (χ0n) is 25.3. The molecule has 0 aromatic rings. The maximum absolute atomic E-state index is 16.0. The van der Waals surface area contributed by atoms with Crippen LogP contribution in [-0.2, 0) is 19.3 Å². The highest BCUT2D eigenvalue weighted by Gasteiger charge is 2.61. The van der Waals surface area contributed by atoms with Gasteiger partial charge in [0.05, 0.1) is 12.0 Å². The minimum atomic E-state index is -4.25. The van der Waals surface area contributed by atoms with E-state index >= 15 is 4.39 Å². The summed E-state index contributed by atoms with van der Waals surface area (Å²) < 4.78 is 52.9. The molecule has 1 aliphatic rings. The predicted octanol–water partition coefficient (Wildman–Crippen LogP) is 5.99. The molecule has 0 N–H and O–H groups in total. The largest absolute Gasteiger partial charge is 0.443 e. The smallest absolute Gasteiger partial charge is 0.425 e. The number of hydrogen-bond donors (Lipinski definition) is 0. The molecule has 0 bridgehead atoms. The third-order valence-corrected chi connectivity index (χ3v) is 9.50. The lowest BCUT2D eigenvalue weighted by molar-refractivity contribution is 0.0136. The van der Waals surface area contributed by atoms with Crippen molar-refractivity contribution in [1.29, 1.82) is 0 Å². The van der Waals surface area contributed by atoms with Crippen LogP contribution < -0.4 is 0 Å². The van der Waals surface area contributed by atoms with Gasteiger partial charge in [-0.15, -0.1) is 0 Å². The van der Waals surface area contributed by atoms with Crippen LogP contribution in [0.25, 0.3) is 0 Å². The number of aliphatic imine (C=N–C) groups is 2. The molecule has 0 aliphatic carbocycles. The summed E-state index contributed by atoms with van der Waals surface area (Å²) in [7, 11) is -2.83. The number of amidine groups is 1. The highest BCUT2D eigenvalue weighted by molar-refractivity contribution is 7.93. The van der Waals surface area contributed by atoms with Crippen molar-refractivity contribution in [2.75, 3.05) is 12.8 Å². The lowest BCUT2D eigenvalue weighted by atomic mass is 9.78. The summed E-state index contributed by atoms with van der Waals surface area (Å²) in [5.41, 5.74) is -5.92. The van der Waals surface area contributed by atoms with Gasteiger partial charge in [0.15, 0.2) is 9.84 Å². The lowest BCUT2D eigenvalue weighted by Gasteiger charge is -2.52. The molecule has 1 aliphatic heterocycles. The van der Waals surface area contributed by atoms with Gasteiger partial charge in [0, 0.05) is 7.05 Å². The topological polar surface area (TPSA) is 118 Å². The van der Waals surface area contributed by atoms with Gasteiger partial charge < -0.3 is 14.4 Å². The fraction of sp³-hybridized carbons (Fsp3) is 0.630. The van der Waals surface area contributed by atoms with Gasteiger partial charge in [-0.25, -0.2) is 22.4 Å². The fourth-order valence-electron chi connectivity index (χ4n) is 3.94. The molecule has 226 valence electrons. The standard InChI is InChI=1S/C27H42ClFN4O6S/c1-14-15-18(29)27(11,32(13)19(28)16-30-12)26(10)17-40(36,37)25(8,9)20(31-26)33(21(34)38-23(2,3)4)22(35)39-24(5,6)7/h14-16H,1,12,17H2,2-11,13H3/b18-15+,19-16-/t26-,27?/m0/s1. The zero-order chi connectivity index (χ0) is 31.7. The molecule has 2 amide bonds. The van der Waals surface area contributed by atoms with Crippen molar-refractivity contribution in [2.24, 2.45) is 9.98 Å². The van der Waals surface area contributed by atoms with Crippen LogP contribution in [0.3, 0.4) is 0 Å². The average Bonchev–Trinajstić information content (AvgIpc) is 2.73. The van der Waals surface area contributed by atoms with Gasteiger partial charge in [0.2, 0.25) is 0 Å². The number of carbonyl (C=O) groups excluding carboxylic acids is 2. The van der Waals surface area contributed by atoms with Crippen LogP contribution in [0, 0.1) is 0 Å². The van der Waals surface area contributed by atoms with Crippen LogP contribution in [0.2, 0.25) is 0 Å². The van der Waals surface area contributed by atoms with Crippen molar-refractivity contribution >= 4 is 46.2 Å². The molecular weight excluding hydrogens is 563 g/mol. The van der Waals surface area contributed by atoms with E-state index in [0.717, 1.165) is 12.3 Å². The highest BCUT2D eigenvalue weighted by atomic mass is 35.5. The van der Waals surface area contributed by atoms with Crippen LogP contribution >= 0.6 is 11.6 Å². The summed E-state index contributed by atoms with van der Waals surface area (Å²) in [6.45, 7) is 21.7. The van der Waals surface area contributed by atoms with Crippen LogP contribution in [0.4, 0.5) is 14.0 Å². The number of allylic oxidation sites excluding steroid dienone is 2. The Balaban J connectivity index is 4.25. The Morgan fingerprint density at radius 3 is 1.90 bits per heavy atom. The Labute approximate surface area is 242 Å². The van der Waals surface area contributed by atoms with Gasteiger partial charge in [-0.05, 0) is 82.0 Å². The van der Waals surface area contributed by atoms with Crippen LogP contribution in [0.5, 0.6) is 0 Å². The van der Waals surface area contributed by atoms with E-state index in [2.05, 4.69) is 23.3 Å². The van der Waals surface area contributed by atoms with Gasteiger partial charge in [0.25, 0.3) is 0 Å². The second-order valence-electron chi connectivity index (χ2n) is 12.3. The Morgan fingerprint density at radius 2 is 1.52 bits per heavy atom. The summed E-state index contributed by atoms with van der Waals surface area (Å²) in [4.78, 5) is 37.0. The number of rotatable bonds is 6. The van der Waals surface area contributed by atoms with E-state index in [1.54, 1.807) is 41.5 Å². The Hall–Kier alpha value is -2.73. The van der Waals surface area contributed by atoms with Crippen molar-refractivity contribution in [2.45, 2.75) is 96.3 Å². The first-order valence-corrected chi connectivity index (χ1v) is 14.5. The first kappa shape index (κ1) is 35.3. The first-order chi connectivity index (χ1) is 17.8. The molecule has 2 atom stereocenters. The molecule has 0 fully saturated rings. The molecule has 1 unspecified atom stereocenters. The highest BCUT2D eigenvalue weighted by Crippen LogP contribution is 2.46. The third kappa shape index (κ3) is 7.12. The minimum absolute atomic E-state index is 0.0820. The summed E-state index contributed by atoms with van der Waals surface area (Å²) in [6.07, 6.45) is 0.976. The third-order valence-electron chi connectivity index (χ3n) is 6.47. The summed E-state index contributed by atoms with van der Waals surface area (Å²) in [5, 5.41) is -0.0820. The van der Waals surface area contributed by atoms with E-state index in [4.69, 9.17) is 21.1 Å². The number of imide groups is 1. The predicted molar refractivity (Wildman–Crippen MR) is 157 cm³/mol. The minimum Gasteiger partial charge on any atom is -0.443 e. The lowest BCUT2D eigenvalue weighted by Crippen LogP contribution is -2.69. The molecule has 0 aromatic heterocycles. The van der Waals surface area contributed by atoms with Crippen molar-refractivity contribution in [1.82, 2.24) is 9.80 Å². The van der Waals surface area contributed by atoms with E-state index in [0.29, 0.717) is 4.90 Å². The van der Waals surface area contributed by atoms with Gasteiger partial charge >= 0.3 is 12.2 Å². The van der Waals surface area contributed by atoms with Gasteiger partial charge in [0.1, 0.15) is 43.8 Å². The van der Waals surface area contributed by atoms with Crippen molar-refractivity contribution < 1.29 is 31.9 Å². The molecule has 0 spiro atoms. The van der Waals surface area contributed by atoms with E-state index in [1.165, 1.54) is 45.7 Å². The molecule has 0 saturated carbocycles. The molecule has 10 nitrogen and oxygen atoms in total. The molecule has 1 rings (SSSR count). The molecule has 40 heavy (non-hydrogen) atoms. The zero-order valence-corrected chi connectivity index (χ0v) is 26.8. The number of halogens is 2. The number of hydrogen-bond acceptors (Lipinski definition) is 9. The average molecular weight is 605 g/mol. The van der Waals surface area contributed by atoms with E-state index in [9.17, 15) is 18.0 Å². The number of ether oxygens (including phenoxy) is 2. The first-order valence-electron chi connectivity index (χ1n) is 12.4. The van der Waals surface area contributed by atoms with E-state index < -0.39 is 66.5 Å². The van der Waals surface area contributed by atoms with Crippen LogP contribution in [0.1, 0.15) is 69.2 Å². The maximum Gasteiger partial charge on any atom is 0.425 e. The molecule has 13 heteroatoms. The van der Waals surface area contributed by atoms with Crippen molar-refractivity contribution in [3.8, 4) is 0 Å². The second-order valence-corrected chi connectivity index (χ2v) is 15.2. The van der Waals surface area contributed by atoms with Gasteiger partial charge in [-0.1, -0.05) is 24.3 Å². The molecule has 0 saturated heterocycles. The van der Waals surface area contributed by atoms with Gasteiger partial charge in [-0.2, -0.15) is 4.90 Å². The fourth-order valence-corrected chi connectivity index (χ4v) is 6.04. The van der Waals surface area contributed by atoms with Crippen LogP contribution in [0.15, 0.2) is 45.9 Å². The normalized spacial score (nSPS) is 22.8. The van der Waals surface area contributed by atoms with Crippen molar-refractivity contribution in [3.05, 3.63) is 35.9 Å². The summed E-state index contributed by atoms with van der Waals surface area (Å²) in [5.74, 6) is -2.03. The Kier molecular flexibility index (Phi) is 10.3. The molecule has 0 radical (unpaired) electrons. The number of carbonyl (C=O) groups is 2. The SMILES string of the molecule is C=C/C=C(/F)C(C)(N(C)/C(Cl)=C\N=C)[C@]1(C)CS(=O)(=O)C(C)(C)C(N(C(=O)OC(C)(C)C)C(=O)OC(C)(C)C)=N1. The van der Waals surface area contributed by atoms with Crippen LogP contribution in [-0.4, -0.2) is 82.8 Å². The number of likely N-dealkylation sites (N-methyl/N-ethyl adjacent to an activating group) is 1. The quantitative estimate of drug-likeness (QED) is 0.207. The number of nitrogens with zero attached hydrogens (tertiary/aromatic N) is 4. The van der Waals surface area contributed by atoms with Gasteiger partial charge in [-0.3, -0.25) is 9.98 Å². The van der Waals surface area contributed by atoms with Crippen molar-refractivity contribution in [3.63, 3.8) is 0 Å². The Morgan fingerprint density at radius 1 is 1.07 bits per heavy atom. The number of sulfone groups is 1. The molecular formula is C27H42ClFN4O6S. The molecule has 1 heterocycles. The second kappa shape index (κ2) is 11.6. The molecule has 0 aromatic carbocycles. The number of amides is 2. The summed E-state index contributed by atoms with van der Waals surface area (Å²) >= 11 is 6.39. The monoisotopic (exact) mass is 604 g/mol.